The van der Waals surface area contributed by atoms with Crippen molar-refractivity contribution in [1.82, 2.24) is 10.2 Å². The van der Waals surface area contributed by atoms with Crippen LogP contribution in [0.15, 0.2) is 18.2 Å². The topological polar surface area (TPSA) is 92.8 Å². The maximum absolute atomic E-state index is 12.8. The Morgan fingerprint density at radius 1 is 1.23 bits per heavy atom. The van der Waals surface area contributed by atoms with Crippen LogP contribution in [0.1, 0.15) is 80.8 Å². The van der Waals surface area contributed by atoms with Crippen LogP contribution in [0, 0.1) is 11.8 Å². The van der Waals surface area contributed by atoms with Crippen LogP contribution in [-0.4, -0.2) is 40.2 Å². The smallest absolute Gasteiger partial charge is 0.306 e. The first kappa shape index (κ1) is 22.5. The van der Waals surface area contributed by atoms with Crippen molar-refractivity contribution in [2.75, 3.05) is 0 Å². The second-order valence-corrected chi connectivity index (χ2v) is 8.83. The summed E-state index contributed by atoms with van der Waals surface area (Å²) in [7, 11) is 0. The van der Waals surface area contributed by atoms with Gasteiger partial charge in [0.1, 0.15) is 11.6 Å². The lowest BCUT2D eigenvalue weighted by atomic mass is 10.0. The fraction of sp³-hybridized carbons (Fsp3) is 0.500. The number of nitrogens with zero attached hydrogens (tertiary/aromatic N) is 1. The van der Waals surface area contributed by atoms with Crippen LogP contribution in [0.4, 0.5) is 0 Å². The molecule has 1 atom stereocenters. The first-order valence-corrected chi connectivity index (χ1v) is 10.6. The zero-order valence-electron chi connectivity index (χ0n) is 18.2. The molecule has 2 aliphatic rings. The molecule has 3 rings (SSSR count). The highest BCUT2D eigenvalue weighted by Crippen LogP contribution is 2.29. The Morgan fingerprint density at radius 2 is 2.00 bits per heavy atom. The molecule has 1 aromatic rings. The molecule has 0 radical (unpaired) electrons. The number of hydrogen-bond donors (Lipinski definition) is 1. The summed E-state index contributed by atoms with van der Waals surface area (Å²) >= 11 is 0. The molecule has 0 bridgehead atoms. The van der Waals surface area contributed by atoms with Gasteiger partial charge in [-0.15, -0.1) is 0 Å². The van der Waals surface area contributed by atoms with Gasteiger partial charge >= 0.3 is 5.97 Å². The average Bonchev–Trinajstić information content (AvgIpc) is 3.00. The molecule has 1 unspecified atom stereocenters. The minimum atomic E-state index is -0.633. The summed E-state index contributed by atoms with van der Waals surface area (Å²) < 4.78 is 5.29. The van der Waals surface area contributed by atoms with E-state index in [-0.39, 0.29) is 24.2 Å². The summed E-state index contributed by atoms with van der Waals surface area (Å²) in [6.45, 7) is 5.85. The van der Waals surface area contributed by atoms with E-state index < -0.39 is 17.6 Å². The van der Waals surface area contributed by atoms with E-state index in [4.69, 9.17) is 4.74 Å². The zero-order valence-corrected chi connectivity index (χ0v) is 18.2. The molecule has 2 aliphatic heterocycles. The van der Waals surface area contributed by atoms with E-state index in [0.717, 1.165) is 17.5 Å². The summed E-state index contributed by atoms with van der Waals surface area (Å²) in [5.41, 5.74) is 1.68. The molecule has 1 aromatic carbocycles. The maximum Gasteiger partial charge on any atom is 0.306 e. The van der Waals surface area contributed by atoms with Gasteiger partial charge in [-0.05, 0) is 57.7 Å². The van der Waals surface area contributed by atoms with Crippen LogP contribution in [0.3, 0.4) is 0 Å². The first-order valence-electron chi connectivity index (χ1n) is 10.6. The molecule has 7 nitrogen and oxygen atoms in total. The quantitative estimate of drug-likeness (QED) is 0.340. The third-order valence-electron chi connectivity index (χ3n) is 5.16. The second kappa shape index (κ2) is 9.34. The highest BCUT2D eigenvalue weighted by molar-refractivity contribution is 6.05. The third-order valence-corrected chi connectivity index (χ3v) is 5.16. The number of fused-ring (bicyclic) bond motifs is 1. The van der Waals surface area contributed by atoms with Crippen molar-refractivity contribution in [3.05, 3.63) is 34.9 Å². The Bertz CT molecular complexity index is 964. The molecule has 1 saturated heterocycles. The Kier molecular flexibility index (Phi) is 6.79. The summed E-state index contributed by atoms with van der Waals surface area (Å²) in [6.07, 6.45) is 3.06. The van der Waals surface area contributed by atoms with Gasteiger partial charge in [0, 0.05) is 36.9 Å². The van der Waals surface area contributed by atoms with Gasteiger partial charge in [-0.3, -0.25) is 24.5 Å². The van der Waals surface area contributed by atoms with Gasteiger partial charge in [-0.1, -0.05) is 17.9 Å². The number of carbonyl (C=O) groups excluding carboxylic acids is 4. The highest BCUT2D eigenvalue weighted by Gasteiger charge is 2.39. The van der Waals surface area contributed by atoms with Crippen LogP contribution in [0.25, 0.3) is 0 Å². The van der Waals surface area contributed by atoms with Gasteiger partial charge in [-0.2, -0.15) is 0 Å². The molecule has 7 heteroatoms. The van der Waals surface area contributed by atoms with E-state index in [0.29, 0.717) is 37.8 Å². The van der Waals surface area contributed by atoms with Crippen molar-refractivity contribution in [3.63, 3.8) is 0 Å². The SMILES string of the molecule is CC(C)(C)OC(=O)CCCCC#Cc1cccc2c1CN(C1CCC(=O)NC1=O)C2=O. The number of rotatable bonds is 5. The molecule has 1 N–H and O–H groups in total. The fourth-order valence-electron chi connectivity index (χ4n) is 3.74. The monoisotopic (exact) mass is 424 g/mol. The van der Waals surface area contributed by atoms with Crippen LogP contribution in [0.5, 0.6) is 0 Å². The van der Waals surface area contributed by atoms with Gasteiger partial charge in [0.25, 0.3) is 5.91 Å². The van der Waals surface area contributed by atoms with Crippen molar-refractivity contribution in [1.29, 1.82) is 0 Å². The Hall–Kier alpha value is -3.14. The first-order chi connectivity index (χ1) is 14.7. The molecule has 0 aromatic heterocycles. The molecule has 31 heavy (non-hydrogen) atoms. The predicted octanol–water partition coefficient (Wildman–Crippen LogP) is 2.70. The number of benzene rings is 1. The minimum Gasteiger partial charge on any atom is -0.460 e. The normalized spacial score (nSPS) is 18.2. The van der Waals surface area contributed by atoms with E-state index in [9.17, 15) is 19.2 Å². The van der Waals surface area contributed by atoms with E-state index in [2.05, 4.69) is 17.2 Å². The number of imide groups is 1. The average molecular weight is 424 g/mol. The van der Waals surface area contributed by atoms with E-state index in [1.807, 2.05) is 26.8 Å². The number of amides is 3. The van der Waals surface area contributed by atoms with Crippen LogP contribution < -0.4 is 5.32 Å². The van der Waals surface area contributed by atoms with Gasteiger partial charge < -0.3 is 9.64 Å². The summed E-state index contributed by atoms with van der Waals surface area (Å²) in [6, 6.07) is 4.77. The molecule has 164 valence electrons. The largest absolute Gasteiger partial charge is 0.460 e. The van der Waals surface area contributed by atoms with E-state index in [1.165, 1.54) is 4.90 Å². The van der Waals surface area contributed by atoms with Crippen molar-refractivity contribution in [2.45, 2.75) is 77.5 Å². The molecule has 3 amide bonds. The number of hydrogen-bond acceptors (Lipinski definition) is 5. The van der Waals surface area contributed by atoms with E-state index in [1.54, 1.807) is 12.1 Å². The highest BCUT2D eigenvalue weighted by atomic mass is 16.6. The second-order valence-electron chi connectivity index (χ2n) is 8.83. The van der Waals surface area contributed by atoms with Gasteiger partial charge in [-0.25, -0.2) is 0 Å². The summed E-state index contributed by atoms with van der Waals surface area (Å²) in [4.78, 5) is 49.7. The molecule has 0 spiro atoms. The number of ether oxygens (including phenoxy) is 1. The van der Waals surface area contributed by atoms with Crippen molar-refractivity contribution >= 4 is 23.7 Å². The van der Waals surface area contributed by atoms with Crippen molar-refractivity contribution in [2.24, 2.45) is 0 Å². The molecular formula is C24H28N2O5. The molecule has 0 saturated carbocycles. The van der Waals surface area contributed by atoms with E-state index >= 15 is 0 Å². The van der Waals surface area contributed by atoms with Gasteiger partial charge in [0.15, 0.2) is 0 Å². The van der Waals surface area contributed by atoms with Crippen molar-refractivity contribution < 1.29 is 23.9 Å². The fourth-order valence-corrected chi connectivity index (χ4v) is 3.74. The lowest BCUT2D eigenvalue weighted by molar-refractivity contribution is -0.155. The zero-order chi connectivity index (χ0) is 22.6. The molecule has 1 fully saturated rings. The Morgan fingerprint density at radius 3 is 2.71 bits per heavy atom. The third kappa shape index (κ3) is 5.72. The summed E-state index contributed by atoms with van der Waals surface area (Å²) in [5.74, 6) is 5.13. The summed E-state index contributed by atoms with van der Waals surface area (Å²) in [5, 5.41) is 2.31. The molecular weight excluding hydrogens is 396 g/mol. The van der Waals surface area contributed by atoms with Gasteiger partial charge in [0.05, 0.1) is 0 Å². The minimum absolute atomic E-state index is 0.201. The molecule has 2 heterocycles. The molecule has 0 aliphatic carbocycles. The van der Waals surface area contributed by atoms with Crippen molar-refractivity contribution in [3.8, 4) is 11.8 Å². The van der Waals surface area contributed by atoms with Gasteiger partial charge in [0.2, 0.25) is 11.8 Å². The number of esters is 1. The van der Waals surface area contributed by atoms with Crippen LogP contribution in [-0.2, 0) is 25.7 Å². The number of unbranched alkanes of at least 4 members (excludes halogenated alkanes) is 2. The van der Waals surface area contributed by atoms with Crippen LogP contribution in [0.2, 0.25) is 0 Å². The number of carbonyl (C=O) groups is 4. The Labute approximate surface area is 182 Å². The lowest BCUT2D eigenvalue weighted by Crippen LogP contribution is -2.52. The standard InChI is InChI=1S/C24H28N2O5/c1-24(2,3)31-21(28)12-7-5-4-6-9-16-10-8-11-17-18(16)15-26(23(17)30)19-13-14-20(27)25-22(19)29/h8,10-11,19H,4-5,7,12-15H2,1-3H3,(H,25,27,29). The number of nitrogens with one attached hydrogen (secondary N) is 1. The number of piperidine rings is 1. The lowest BCUT2D eigenvalue weighted by Gasteiger charge is -2.29. The Balaban J connectivity index is 1.57. The maximum atomic E-state index is 12.8. The predicted molar refractivity (Wildman–Crippen MR) is 114 cm³/mol. The van der Waals surface area contributed by atoms with Crippen LogP contribution >= 0.6 is 0 Å².